The van der Waals surface area contributed by atoms with Crippen molar-refractivity contribution in [1.29, 1.82) is 0 Å². The zero-order valence-corrected chi connectivity index (χ0v) is 11.8. The number of aromatic nitrogens is 4. The first-order valence-electron chi connectivity index (χ1n) is 7.17. The van der Waals surface area contributed by atoms with E-state index in [-0.39, 0.29) is 0 Å². The third-order valence-electron chi connectivity index (χ3n) is 3.90. The molecule has 0 atom stereocenters. The second-order valence-corrected chi connectivity index (χ2v) is 5.47. The summed E-state index contributed by atoms with van der Waals surface area (Å²) in [4.78, 5) is 12.8. The van der Waals surface area contributed by atoms with Gasteiger partial charge in [0.2, 0.25) is 5.95 Å². The molecule has 3 rings (SSSR count). The quantitative estimate of drug-likeness (QED) is 0.731. The van der Waals surface area contributed by atoms with Gasteiger partial charge in [-0.1, -0.05) is 19.3 Å². The highest BCUT2D eigenvalue weighted by atomic mass is 15.4. The number of imidazole rings is 1. The maximum absolute atomic E-state index is 5.89. The van der Waals surface area contributed by atoms with Crippen LogP contribution in [0.1, 0.15) is 32.1 Å². The second-order valence-electron chi connectivity index (χ2n) is 5.47. The topological polar surface area (TPSA) is 93.7 Å². The van der Waals surface area contributed by atoms with Crippen molar-refractivity contribution in [3.8, 4) is 0 Å². The zero-order chi connectivity index (χ0) is 13.9. The fraction of sp³-hybridized carbons (Fsp3) is 0.615. The third-order valence-corrected chi connectivity index (χ3v) is 3.90. The van der Waals surface area contributed by atoms with Gasteiger partial charge in [0.25, 0.3) is 0 Å². The number of rotatable bonds is 4. The molecule has 7 heteroatoms. The molecule has 0 unspecified atom stereocenters. The molecule has 0 amide bonds. The van der Waals surface area contributed by atoms with E-state index >= 15 is 0 Å². The van der Waals surface area contributed by atoms with E-state index in [1.165, 1.54) is 32.1 Å². The normalized spacial score (nSPS) is 16.6. The maximum Gasteiger partial charge on any atom is 0.241 e. The first-order valence-corrected chi connectivity index (χ1v) is 7.17. The molecule has 0 aliphatic heterocycles. The summed E-state index contributed by atoms with van der Waals surface area (Å²) in [6, 6.07) is 0. The standard InChI is InChI=1S/C13H21N7/c1-20-8-15-10-11(14)17-13(18-12(10)20)19-16-7-9-5-3-2-4-6-9/h8-9,16H,2-7H2,1H3,(H3,14,17,18,19). The van der Waals surface area contributed by atoms with Gasteiger partial charge in [0.15, 0.2) is 11.5 Å². The van der Waals surface area contributed by atoms with Crippen LogP contribution in [0.4, 0.5) is 11.8 Å². The lowest BCUT2D eigenvalue weighted by atomic mass is 9.89. The lowest BCUT2D eigenvalue weighted by Crippen LogP contribution is -2.30. The van der Waals surface area contributed by atoms with E-state index < -0.39 is 0 Å². The minimum Gasteiger partial charge on any atom is -0.382 e. The van der Waals surface area contributed by atoms with Crippen LogP contribution in [0.25, 0.3) is 11.2 Å². The average Bonchev–Trinajstić information content (AvgIpc) is 2.82. The number of anilines is 2. The molecule has 1 aliphatic rings. The van der Waals surface area contributed by atoms with Crippen LogP contribution in [-0.2, 0) is 7.05 Å². The molecule has 0 bridgehead atoms. The van der Waals surface area contributed by atoms with Crippen LogP contribution in [0.2, 0.25) is 0 Å². The molecule has 0 spiro atoms. The maximum atomic E-state index is 5.89. The van der Waals surface area contributed by atoms with E-state index in [1.54, 1.807) is 6.33 Å². The van der Waals surface area contributed by atoms with E-state index in [9.17, 15) is 0 Å². The lowest BCUT2D eigenvalue weighted by Gasteiger charge is -2.21. The fourth-order valence-electron chi connectivity index (χ4n) is 2.75. The van der Waals surface area contributed by atoms with Crippen molar-refractivity contribution >= 4 is 22.9 Å². The first-order chi connectivity index (χ1) is 9.74. The number of hydrogen-bond donors (Lipinski definition) is 3. The molecule has 0 aromatic carbocycles. The summed E-state index contributed by atoms with van der Waals surface area (Å²) in [6.07, 6.45) is 8.36. The number of nitrogen functional groups attached to an aromatic ring is 1. The van der Waals surface area contributed by atoms with E-state index in [0.717, 1.165) is 18.1 Å². The molecule has 4 N–H and O–H groups in total. The van der Waals surface area contributed by atoms with Crippen LogP contribution >= 0.6 is 0 Å². The van der Waals surface area contributed by atoms with Crippen LogP contribution < -0.4 is 16.6 Å². The first kappa shape index (κ1) is 13.1. The molecule has 1 aliphatic carbocycles. The highest BCUT2D eigenvalue weighted by Crippen LogP contribution is 2.22. The fourth-order valence-corrected chi connectivity index (χ4v) is 2.75. The Morgan fingerprint density at radius 3 is 2.90 bits per heavy atom. The number of aryl methyl sites for hydroxylation is 1. The van der Waals surface area contributed by atoms with E-state index in [1.807, 2.05) is 11.6 Å². The van der Waals surface area contributed by atoms with Crippen molar-refractivity contribution in [1.82, 2.24) is 24.9 Å². The molecule has 1 saturated carbocycles. The van der Waals surface area contributed by atoms with Crippen molar-refractivity contribution in [2.24, 2.45) is 13.0 Å². The van der Waals surface area contributed by atoms with Crippen LogP contribution in [0, 0.1) is 5.92 Å². The summed E-state index contributed by atoms with van der Waals surface area (Å²) in [5.74, 6) is 1.64. The Bertz CT molecular complexity index is 586. The van der Waals surface area contributed by atoms with Crippen molar-refractivity contribution in [2.75, 3.05) is 17.7 Å². The number of fused-ring (bicyclic) bond motifs is 1. The van der Waals surface area contributed by atoms with E-state index in [0.29, 0.717) is 17.3 Å². The van der Waals surface area contributed by atoms with Gasteiger partial charge in [0.1, 0.15) is 5.52 Å². The Morgan fingerprint density at radius 1 is 1.30 bits per heavy atom. The second kappa shape index (κ2) is 5.62. The predicted octanol–water partition coefficient (Wildman–Crippen LogP) is 1.44. The smallest absolute Gasteiger partial charge is 0.241 e. The minimum absolute atomic E-state index is 0.401. The summed E-state index contributed by atoms with van der Waals surface area (Å²) in [5, 5.41) is 0. The number of hydrogen-bond acceptors (Lipinski definition) is 6. The highest BCUT2D eigenvalue weighted by Gasteiger charge is 2.13. The zero-order valence-electron chi connectivity index (χ0n) is 11.8. The molecule has 0 saturated heterocycles. The Morgan fingerprint density at radius 2 is 2.10 bits per heavy atom. The number of nitrogens with one attached hydrogen (secondary N) is 2. The van der Waals surface area contributed by atoms with Gasteiger partial charge in [-0.15, -0.1) is 0 Å². The summed E-state index contributed by atoms with van der Waals surface area (Å²) >= 11 is 0. The molecule has 1 fully saturated rings. The van der Waals surface area contributed by atoms with Crippen LogP contribution in [0.5, 0.6) is 0 Å². The van der Waals surface area contributed by atoms with Gasteiger partial charge < -0.3 is 10.3 Å². The van der Waals surface area contributed by atoms with Crippen LogP contribution in [-0.4, -0.2) is 26.1 Å². The van der Waals surface area contributed by atoms with Crippen molar-refractivity contribution in [2.45, 2.75) is 32.1 Å². The molecular weight excluding hydrogens is 254 g/mol. The molecule has 7 nitrogen and oxygen atoms in total. The third kappa shape index (κ3) is 2.67. The van der Waals surface area contributed by atoms with Gasteiger partial charge in [-0.3, -0.25) is 5.43 Å². The minimum atomic E-state index is 0.401. The molecule has 2 aromatic heterocycles. The largest absolute Gasteiger partial charge is 0.382 e. The van der Waals surface area contributed by atoms with Gasteiger partial charge in [-0.25, -0.2) is 10.4 Å². The molecule has 2 aromatic rings. The SMILES string of the molecule is Cn1cnc2c(N)nc(NNCC3CCCCC3)nc21. The molecule has 2 heterocycles. The van der Waals surface area contributed by atoms with Gasteiger partial charge in [0, 0.05) is 13.6 Å². The van der Waals surface area contributed by atoms with Crippen LogP contribution in [0.3, 0.4) is 0 Å². The van der Waals surface area contributed by atoms with Crippen molar-refractivity contribution in [3.05, 3.63) is 6.33 Å². The van der Waals surface area contributed by atoms with Gasteiger partial charge in [-0.05, 0) is 18.8 Å². The van der Waals surface area contributed by atoms with E-state index in [4.69, 9.17) is 5.73 Å². The average molecular weight is 275 g/mol. The Labute approximate surface area is 118 Å². The summed E-state index contributed by atoms with van der Waals surface area (Å²) in [7, 11) is 1.89. The summed E-state index contributed by atoms with van der Waals surface area (Å²) in [5.41, 5.74) is 13.5. The molecular formula is C13H21N7. The Balaban J connectivity index is 1.63. The van der Waals surface area contributed by atoms with Crippen LogP contribution in [0.15, 0.2) is 6.33 Å². The number of nitrogens with two attached hydrogens (primary N) is 1. The lowest BCUT2D eigenvalue weighted by molar-refractivity contribution is 0.349. The van der Waals surface area contributed by atoms with Gasteiger partial charge in [0.05, 0.1) is 6.33 Å². The Kier molecular flexibility index (Phi) is 3.68. The molecule has 20 heavy (non-hydrogen) atoms. The highest BCUT2D eigenvalue weighted by molar-refractivity contribution is 5.82. The Hall–Kier alpha value is -1.89. The molecule has 108 valence electrons. The molecule has 0 radical (unpaired) electrons. The monoisotopic (exact) mass is 275 g/mol. The van der Waals surface area contributed by atoms with E-state index in [2.05, 4.69) is 25.8 Å². The summed E-state index contributed by atoms with van der Waals surface area (Å²) in [6.45, 7) is 0.937. The summed E-state index contributed by atoms with van der Waals surface area (Å²) < 4.78 is 1.83. The van der Waals surface area contributed by atoms with Crippen molar-refractivity contribution in [3.63, 3.8) is 0 Å². The van der Waals surface area contributed by atoms with Gasteiger partial charge in [-0.2, -0.15) is 9.97 Å². The number of nitrogens with zero attached hydrogens (tertiary/aromatic N) is 4. The number of hydrazine groups is 1. The van der Waals surface area contributed by atoms with Gasteiger partial charge >= 0.3 is 0 Å². The van der Waals surface area contributed by atoms with Crippen molar-refractivity contribution < 1.29 is 0 Å². The predicted molar refractivity (Wildman–Crippen MR) is 78.9 cm³/mol.